The number of hydrogen-bond acceptors (Lipinski definition) is 5. The third-order valence-electron chi connectivity index (χ3n) is 5.76. The Labute approximate surface area is 189 Å². The van der Waals surface area contributed by atoms with E-state index < -0.39 is 30.4 Å². The molecular formula is C22H29F4N3O4. The van der Waals surface area contributed by atoms with Crippen LogP contribution in [0.4, 0.5) is 17.6 Å². The second-order valence-corrected chi connectivity index (χ2v) is 8.37. The van der Waals surface area contributed by atoms with Crippen molar-refractivity contribution in [1.29, 1.82) is 0 Å². The number of ether oxygens (including phenoxy) is 3. The van der Waals surface area contributed by atoms with Crippen LogP contribution in [-0.2, 0) is 16.6 Å². The molecule has 1 amide bonds. The Hall–Kier alpha value is -2.56. The van der Waals surface area contributed by atoms with E-state index in [4.69, 9.17) is 14.2 Å². The van der Waals surface area contributed by atoms with Crippen LogP contribution in [-0.4, -0.2) is 52.8 Å². The fraction of sp³-hybridized carbons (Fsp3) is 0.636. The molecule has 0 unspecified atom stereocenters. The van der Waals surface area contributed by atoms with E-state index in [2.05, 4.69) is 10.3 Å². The van der Waals surface area contributed by atoms with Gasteiger partial charge in [-0.1, -0.05) is 0 Å². The Balaban J connectivity index is 1.64. The molecule has 2 aromatic rings. The van der Waals surface area contributed by atoms with Gasteiger partial charge in [0.05, 0.1) is 18.2 Å². The van der Waals surface area contributed by atoms with Gasteiger partial charge < -0.3 is 19.5 Å². The van der Waals surface area contributed by atoms with Gasteiger partial charge in [-0.25, -0.2) is 17.6 Å². The van der Waals surface area contributed by atoms with Crippen LogP contribution in [0.1, 0.15) is 46.5 Å². The molecule has 1 aromatic heterocycles. The molecule has 3 rings (SSSR count). The van der Waals surface area contributed by atoms with Gasteiger partial charge in [0.25, 0.3) is 12.4 Å². The van der Waals surface area contributed by atoms with Crippen molar-refractivity contribution in [2.45, 2.75) is 77.2 Å². The van der Waals surface area contributed by atoms with Crippen LogP contribution >= 0.6 is 0 Å². The number of rotatable bonds is 9. The lowest BCUT2D eigenvalue weighted by atomic mass is 9.94. The fourth-order valence-electron chi connectivity index (χ4n) is 3.92. The topological polar surface area (TPSA) is 74.6 Å². The quantitative estimate of drug-likeness (QED) is 0.553. The maximum Gasteiger partial charge on any atom is 0.297 e. The molecule has 1 heterocycles. The number of halogens is 4. The van der Waals surface area contributed by atoms with Gasteiger partial charge in [0, 0.05) is 20.0 Å². The number of imidazole rings is 1. The Bertz CT molecular complexity index is 976. The van der Waals surface area contributed by atoms with E-state index in [1.165, 1.54) is 18.5 Å². The molecule has 1 aliphatic rings. The van der Waals surface area contributed by atoms with Crippen molar-refractivity contribution >= 4 is 16.9 Å². The minimum atomic E-state index is -2.82. The maximum atomic E-state index is 14.8. The van der Waals surface area contributed by atoms with Crippen LogP contribution in [0.25, 0.3) is 11.0 Å². The van der Waals surface area contributed by atoms with E-state index in [0.717, 1.165) is 12.8 Å². The van der Waals surface area contributed by atoms with Gasteiger partial charge in [0.15, 0.2) is 17.4 Å². The van der Waals surface area contributed by atoms with Crippen LogP contribution in [0.5, 0.6) is 11.8 Å². The summed E-state index contributed by atoms with van der Waals surface area (Å²) < 4.78 is 71.9. The molecule has 0 saturated heterocycles. The number of aryl methyl sites for hydroxylation is 1. The number of aromatic nitrogens is 2. The molecule has 2 atom stereocenters. The fourth-order valence-corrected chi connectivity index (χ4v) is 3.92. The van der Waals surface area contributed by atoms with Crippen molar-refractivity contribution in [3.8, 4) is 11.8 Å². The van der Waals surface area contributed by atoms with E-state index >= 15 is 0 Å². The summed E-state index contributed by atoms with van der Waals surface area (Å²) in [7, 11) is 1.46. The number of nitrogens with one attached hydrogen (secondary N) is 1. The SMILES string of the molecule is CC(=O)N[C@@H](C)[C@@H](C)OC1CCC(Oc2nc3c(F)cc(OCC(F)F)c(F)c3n2C)CC1. The lowest BCUT2D eigenvalue weighted by Crippen LogP contribution is -2.42. The second kappa shape index (κ2) is 10.6. The van der Waals surface area contributed by atoms with Crippen molar-refractivity contribution in [1.82, 2.24) is 14.9 Å². The summed E-state index contributed by atoms with van der Waals surface area (Å²) in [5.74, 6) is -2.58. The highest BCUT2D eigenvalue weighted by Gasteiger charge is 2.28. The monoisotopic (exact) mass is 475 g/mol. The summed E-state index contributed by atoms with van der Waals surface area (Å²) >= 11 is 0. The van der Waals surface area contributed by atoms with Crippen molar-refractivity contribution in [3.63, 3.8) is 0 Å². The number of carbonyl (C=O) groups is 1. The molecule has 1 aliphatic carbocycles. The van der Waals surface area contributed by atoms with Crippen LogP contribution in [0.2, 0.25) is 0 Å². The average molecular weight is 475 g/mol. The van der Waals surface area contributed by atoms with Gasteiger partial charge in [-0.2, -0.15) is 4.98 Å². The number of alkyl halides is 2. The summed E-state index contributed by atoms with van der Waals surface area (Å²) in [4.78, 5) is 15.3. The highest BCUT2D eigenvalue weighted by molar-refractivity contribution is 5.80. The Morgan fingerprint density at radius 1 is 1.21 bits per heavy atom. The van der Waals surface area contributed by atoms with Crippen molar-refractivity contribution < 1.29 is 36.6 Å². The Morgan fingerprint density at radius 3 is 2.45 bits per heavy atom. The highest BCUT2D eigenvalue weighted by atomic mass is 19.3. The van der Waals surface area contributed by atoms with Crippen molar-refractivity contribution in [2.24, 2.45) is 7.05 Å². The molecule has 1 N–H and O–H groups in total. The molecule has 0 spiro atoms. The van der Waals surface area contributed by atoms with Gasteiger partial charge in [0.1, 0.15) is 23.7 Å². The zero-order valence-electron chi connectivity index (χ0n) is 19.0. The van der Waals surface area contributed by atoms with Gasteiger partial charge in [-0.05, 0) is 39.5 Å². The van der Waals surface area contributed by atoms with E-state index in [1.807, 2.05) is 13.8 Å². The predicted octanol–water partition coefficient (Wildman–Crippen LogP) is 4.12. The van der Waals surface area contributed by atoms with Gasteiger partial charge in [-0.3, -0.25) is 9.36 Å². The number of hydrogen-bond donors (Lipinski definition) is 1. The van der Waals surface area contributed by atoms with Gasteiger partial charge in [-0.15, -0.1) is 0 Å². The molecule has 11 heteroatoms. The lowest BCUT2D eigenvalue weighted by molar-refractivity contribution is -0.121. The first-order valence-corrected chi connectivity index (χ1v) is 10.9. The van der Waals surface area contributed by atoms with Gasteiger partial charge >= 0.3 is 0 Å². The highest BCUT2D eigenvalue weighted by Crippen LogP contribution is 2.33. The van der Waals surface area contributed by atoms with E-state index in [-0.39, 0.29) is 47.3 Å². The van der Waals surface area contributed by atoms with Crippen LogP contribution in [0, 0.1) is 11.6 Å². The number of amides is 1. The van der Waals surface area contributed by atoms with Crippen LogP contribution < -0.4 is 14.8 Å². The molecule has 0 radical (unpaired) electrons. The predicted molar refractivity (Wildman–Crippen MR) is 113 cm³/mol. The van der Waals surface area contributed by atoms with Gasteiger partial charge in [0.2, 0.25) is 5.91 Å². The minimum Gasteiger partial charge on any atom is -0.484 e. The normalized spacial score (nSPS) is 20.6. The standard InChI is InChI=1S/C22H29F4N3O4/c1-11(27-13(3)30)12(2)32-14-5-7-15(8-6-14)33-22-28-20-16(23)9-17(31-10-18(24)25)19(26)21(20)29(22)4/h9,11-12,14-15,18H,5-8,10H2,1-4H3,(H,27,30)/t11-,12+,14?,15?/m0/s1. The maximum absolute atomic E-state index is 14.8. The minimum absolute atomic E-state index is 0.0148. The summed E-state index contributed by atoms with van der Waals surface area (Å²) in [6, 6.07) is 0.629. The Morgan fingerprint density at radius 2 is 1.85 bits per heavy atom. The molecule has 184 valence electrons. The molecule has 7 nitrogen and oxygen atoms in total. The summed E-state index contributed by atoms with van der Waals surface area (Å²) in [6.07, 6.45) is -0.413. The first-order valence-electron chi connectivity index (χ1n) is 10.9. The summed E-state index contributed by atoms with van der Waals surface area (Å²) in [5.41, 5.74) is -0.473. The largest absolute Gasteiger partial charge is 0.484 e. The van der Waals surface area contributed by atoms with E-state index in [1.54, 1.807) is 0 Å². The molecule has 33 heavy (non-hydrogen) atoms. The number of benzene rings is 1. The summed E-state index contributed by atoms with van der Waals surface area (Å²) in [5, 5.41) is 2.81. The zero-order valence-corrected chi connectivity index (χ0v) is 19.0. The molecule has 0 bridgehead atoms. The lowest BCUT2D eigenvalue weighted by Gasteiger charge is -2.32. The van der Waals surface area contributed by atoms with Crippen LogP contribution in [0.3, 0.4) is 0 Å². The first kappa shape index (κ1) is 25.1. The van der Waals surface area contributed by atoms with E-state index in [0.29, 0.717) is 18.9 Å². The molecule has 1 saturated carbocycles. The van der Waals surface area contributed by atoms with E-state index in [9.17, 15) is 22.4 Å². The van der Waals surface area contributed by atoms with Crippen molar-refractivity contribution in [3.05, 3.63) is 17.7 Å². The first-order chi connectivity index (χ1) is 15.6. The number of nitrogens with zero attached hydrogens (tertiary/aromatic N) is 2. The molecular weight excluding hydrogens is 446 g/mol. The molecule has 0 aliphatic heterocycles. The number of fused-ring (bicyclic) bond motifs is 1. The van der Waals surface area contributed by atoms with Crippen molar-refractivity contribution in [2.75, 3.05) is 6.61 Å². The zero-order chi connectivity index (χ0) is 24.3. The second-order valence-electron chi connectivity index (χ2n) is 8.37. The smallest absolute Gasteiger partial charge is 0.297 e. The molecule has 1 aromatic carbocycles. The third kappa shape index (κ3) is 6.07. The van der Waals surface area contributed by atoms with Crippen LogP contribution in [0.15, 0.2) is 6.07 Å². The molecule has 1 fully saturated rings. The average Bonchev–Trinajstić information content (AvgIpc) is 3.07. The Kier molecular flexibility index (Phi) is 8.04. The summed E-state index contributed by atoms with van der Waals surface area (Å²) in [6.45, 7) is 4.21. The number of carbonyl (C=O) groups excluding carboxylic acids is 1. The third-order valence-corrected chi connectivity index (χ3v) is 5.76.